The molecule has 0 saturated heterocycles. The van der Waals surface area contributed by atoms with Crippen LogP contribution < -0.4 is 10.4 Å². The van der Waals surface area contributed by atoms with Crippen molar-refractivity contribution in [2.24, 2.45) is 0 Å². The lowest BCUT2D eigenvalue weighted by atomic mass is 9.97. The molecule has 0 saturated carbocycles. The van der Waals surface area contributed by atoms with Gasteiger partial charge in [0, 0.05) is 5.56 Å². The maximum absolute atomic E-state index is 8.71. The molecule has 0 aliphatic heterocycles. The van der Waals surface area contributed by atoms with Crippen molar-refractivity contribution in [3.63, 3.8) is 0 Å². The highest BCUT2D eigenvalue weighted by Gasteiger charge is 2.30. The average molecular weight is 400 g/mol. The van der Waals surface area contributed by atoms with E-state index in [9.17, 15) is 0 Å². The van der Waals surface area contributed by atoms with Gasteiger partial charge in [-0.1, -0.05) is 122 Å². The number of fused-ring (bicyclic) bond motifs is 2. The van der Waals surface area contributed by atoms with E-state index in [1.54, 1.807) is 0 Å². The van der Waals surface area contributed by atoms with Gasteiger partial charge in [-0.3, -0.25) is 0 Å². The molecule has 0 amide bonds. The van der Waals surface area contributed by atoms with Crippen LogP contribution in [-0.4, -0.2) is 8.07 Å². The minimum Gasteiger partial charge on any atom is -0.115 e. The Balaban J connectivity index is 1.81. The first-order valence-electron chi connectivity index (χ1n) is 10.7. The third-order valence-electron chi connectivity index (χ3n) is 5.80. The Morgan fingerprint density at radius 3 is 1.53 bits per heavy atom. The molecule has 0 aromatic heterocycles. The first-order valence-corrected chi connectivity index (χ1v) is 12.7. The van der Waals surface area contributed by atoms with Crippen LogP contribution in [0.15, 0.2) is 115 Å². The maximum Gasteiger partial charge on any atom is 0.196 e. The van der Waals surface area contributed by atoms with Crippen LogP contribution in [0.25, 0.3) is 21.5 Å². The van der Waals surface area contributed by atoms with Gasteiger partial charge in [-0.25, -0.2) is 0 Å². The van der Waals surface area contributed by atoms with Gasteiger partial charge in [-0.15, -0.1) is 5.54 Å². The topological polar surface area (TPSA) is 0 Å². The molecule has 0 atom stereocenters. The van der Waals surface area contributed by atoms with E-state index in [0.29, 0.717) is 6.04 Å². The Morgan fingerprint density at radius 2 is 1.03 bits per heavy atom. The van der Waals surface area contributed by atoms with Gasteiger partial charge < -0.3 is 0 Å². The lowest BCUT2D eigenvalue weighted by molar-refractivity contribution is 1.70. The van der Waals surface area contributed by atoms with Crippen LogP contribution in [0.2, 0.25) is 6.55 Å². The Labute approximate surface area is 180 Å². The smallest absolute Gasteiger partial charge is 0.115 e. The molecule has 0 nitrogen and oxygen atoms in total. The third kappa shape index (κ3) is 3.22. The molecular weight excluding hydrogens is 376 g/mol. The molecule has 0 unspecified atom stereocenters. The molecule has 0 fully saturated rings. The van der Waals surface area contributed by atoms with Crippen molar-refractivity contribution in [1.82, 2.24) is 0 Å². The highest BCUT2D eigenvalue weighted by molar-refractivity contribution is 7.07. The summed E-state index contributed by atoms with van der Waals surface area (Å²) in [7, 11) is -2.28. The fourth-order valence-corrected chi connectivity index (χ4v) is 6.80. The Kier molecular flexibility index (Phi) is 4.42. The van der Waals surface area contributed by atoms with Crippen LogP contribution >= 0.6 is 0 Å². The molecule has 5 aromatic rings. The number of hydrogen-bond acceptors (Lipinski definition) is 0. The molecule has 1 heteroatoms. The van der Waals surface area contributed by atoms with Gasteiger partial charge in [0.15, 0.2) is 8.07 Å². The van der Waals surface area contributed by atoms with Crippen molar-refractivity contribution in [2.45, 2.75) is 6.55 Å². The Hall–Kier alpha value is -3.60. The number of benzene rings is 5. The summed E-state index contributed by atoms with van der Waals surface area (Å²) < 4.78 is 8.71. The fraction of sp³-hybridized carbons (Fsp3) is 0.0345. The van der Waals surface area contributed by atoms with Crippen molar-refractivity contribution in [3.05, 3.63) is 121 Å². The molecule has 0 heterocycles. The van der Waals surface area contributed by atoms with E-state index < -0.39 is 8.07 Å². The maximum atomic E-state index is 8.71. The zero-order valence-electron chi connectivity index (χ0n) is 17.9. The summed E-state index contributed by atoms with van der Waals surface area (Å²) in [4.78, 5) is 0. The summed E-state index contributed by atoms with van der Waals surface area (Å²) in [6.45, 7) is 2.33. The van der Waals surface area contributed by atoms with Crippen LogP contribution in [0, 0.1) is 11.5 Å². The van der Waals surface area contributed by atoms with Crippen molar-refractivity contribution in [2.75, 3.05) is 0 Å². The normalized spacial score (nSPS) is 11.7. The molecular formula is C29H22Si. The van der Waals surface area contributed by atoms with E-state index >= 15 is 0 Å². The third-order valence-corrected chi connectivity index (χ3v) is 9.40. The summed E-state index contributed by atoms with van der Waals surface area (Å²) in [5, 5.41) is 6.62. The molecule has 142 valence electrons. The highest BCUT2D eigenvalue weighted by Crippen LogP contribution is 2.27. The van der Waals surface area contributed by atoms with Crippen LogP contribution in [0.4, 0.5) is 0 Å². The minimum atomic E-state index is -2.28. The first kappa shape index (κ1) is 17.3. The van der Waals surface area contributed by atoms with Gasteiger partial charge >= 0.3 is 0 Å². The highest BCUT2D eigenvalue weighted by atomic mass is 28.3. The first-order chi connectivity index (χ1) is 15.2. The van der Waals surface area contributed by atoms with Gasteiger partial charge in [0.05, 0.1) is 1.37 Å². The zero-order chi connectivity index (χ0) is 21.3. The molecule has 0 N–H and O–H groups in total. The quantitative estimate of drug-likeness (QED) is 0.201. The molecule has 0 aliphatic carbocycles. The van der Waals surface area contributed by atoms with Crippen LogP contribution in [0.3, 0.4) is 0 Å². The van der Waals surface area contributed by atoms with E-state index in [1.165, 1.54) is 10.4 Å². The van der Waals surface area contributed by atoms with Crippen molar-refractivity contribution in [1.29, 1.82) is 0 Å². The summed E-state index contributed by atoms with van der Waals surface area (Å²) in [6, 6.07) is 38.2. The summed E-state index contributed by atoms with van der Waals surface area (Å²) in [6.07, 6.45) is 0. The minimum absolute atomic E-state index is 0.572. The molecule has 0 aliphatic rings. The van der Waals surface area contributed by atoms with Gasteiger partial charge in [-0.2, -0.15) is 0 Å². The van der Waals surface area contributed by atoms with Crippen LogP contribution in [-0.2, 0) is 0 Å². The predicted molar refractivity (Wildman–Crippen MR) is 132 cm³/mol. The van der Waals surface area contributed by atoms with E-state index in [4.69, 9.17) is 1.37 Å². The van der Waals surface area contributed by atoms with Gasteiger partial charge in [0.2, 0.25) is 0 Å². The largest absolute Gasteiger partial charge is 0.196 e. The van der Waals surface area contributed by atoms with Crippen LogP contribution in [0.5, 0.6) is 0 Å². The fourth-order valence-electron chi connectivity index (χ4n) is 4.09. The van der Waals surface area contributed by atoms with E-state index in [1.807, 2.05) is 36.4 Å². The lowest BCUT2D eigenvalue weighted by Crippen LogP contribution is -2.54. The standard InChI is InChI=1S/C29H22Si/c1-30(25-14-4-2-5-15-25,26-16-6-3-7-17-26)21-20-29-27-18-10-8-12-23(27)22-24-13-9-11-19-28(24)29/h2-19,22H,1H3/i22D. The monoisotopic (exact) mass is 399 g/mol. The summed E-state index contributed by atoms with van der Waals surface area (Å²) in [5.74, 6) is 3.62. The number of rotatable bonds is 2. The molecule has 0 radical (unpaired) electrons. The SMILES string of the molecule is [2H]c1c2ccccc2c(C#C[Si](C)(c2ccccc2)c2ccccc2)c2ccccc12. The van der Waals surface area contributed by atoms with E-state index in [2.05, 4.69) is 90.8 Å². The molecule has 5 aromatic carbocycles. The molecule has 30 heavy (non-hydrogen) atoms. The molecule has 0 spiro atoms. The second-order valence-electron chi connectivity index (χ2n) is 7.70. The zero-order valence-corrected chi connectivity index (χ0v) is 17.9. The average Bonchev–Trinajstić information content (AvgIpc) is 2.85. The van der Waals surface area contributed by atoms with Crippen molar-refractivity contribution in [3.8, 4) is 11.5 Å². The van der Waals surface area contributed by atoms with Gasteiger partial charge in [0.1, 0.15) is 0 Å². The molecule has 0 bridgehead atoms. The van der Waals surface area contributed by atoms with Crippen molar-refractivity contribution >= 4 is 40.0 Å². The second kappa shape index (κ2) is 7.67. The van der Waals surface area contributed by atoms with Gasteiger partial charge in [0.25, 0.3) is 0 Å². The Bertz CT molecular complexity index is 1350. The van der Waals surface area contributed by atoms with E-state index in [-0.39, 0.29) is 0 Å². The van der Waals surface area contributed by atoms with Crippen molar-refractivity contribution < 1.29 is 1.37 Å². The van der Waals surface area contributed by atoms with Gasteiger partial charge in [-0.05, 0) is 38.0 Å². The number of hydrogen-bond donors (Lipinski definition) is 0. The lowest BCUT2D eigenvalue weighted by Gasteiger charge is -2.22. The molecule has 5 rings (SSSR count). The second-order valence-corrected chi connectivity index (χ2v) is 11.4. The van der Waals surface area contributed by atoms with E-state index in [0.717, 1.165) is 27.1 Å². The predicted octanol–water partition coefficient (Wildman–Crippen LogP) is 5.78. The van der Waals surface area contributed by atoms with Crippen LogP contribution in [0.1, 0.15) is 6.93 Å². The summed E-state index contributed by atoms with van der Waals surface area (Å²) >= 11 is 0. The summed E-state index contributed by atoms with van der Waals surface area (Å²) in [5.41, 5.74) is 4.80. The Morgan fingerprint density at radius 1 is 0.600 bits per heavy atom.